The van der Waals surface area contributed by atoms with E-state index in [1.54, 1.807) is 0 Å². The number of hydrogen-bond acceptors (Lipinski definition) is 5. The van der Waals surface area contributed by atoms with E-state index < -0.39 is 36.4 Å². The van der Waals surface area contributed by atoms with Gasteiger partial charge in [0.05, 0.1) is 7.11 Å². The molecular weight excluding hydrogens is 328 g/mol. The first-order chi connectivity index (χ1) is 11.8. The van der Waals surface area contributed by atoms with E-state index in [1.165, 1.54) is 6.08 Å². The topological polar surface area (TPSA) is 131 Å². The third-order valence-corrected chi connectivity index (χ3v) is 3.29. The molecule has 1 atom stereocenters. The monoisotopic (exact) mass is 356 g/mol. The summed E-state index contributed by atoms with van der Waals surface area (Å²) in [6.07, 6.45) is 5.19. The lowest BCUT2D eigenvalue weighted by Crippen LogP contribution is -2.52. The molecule has 4 amide bonds. The first-order valence-corrected chi connectivity index (χ1v) is 8.16. The van der Waals surface area contributed by atoms with Gasteiger partial charge in [0.2, 0.25) is 11.8 Å². The molecule has 0 saturated heterocycles. The molecule has 0 aromatic carbocycles. The number of methoxy groups -OCH3 is 1. The zero-order chi connectivity index (χ0) is 19.2. The lowest BCUT2D eigenvalue weighted by atomic mass is 10.2. The molecule has 0 spiro atoms. The van der Waals surface area contributed by atoms with E-state index in [2.05, 4.69) is 28.9 Å². The van der Waals surface area contributed by atoms with E-state index in [9.17, 15) is 19.2 Å². The highest BCUT2D eigenvalue weighted by Crippen LogP contribution is 1.98. The second-order valence-electron chi connectivity index (χ2n) is 5.42. The quantitative estimate of drug-likeness (QED) is 0.255. The number of rotatable bonds is 12. The number of nitrogens with two attached hydrogens (primary N) is 1. The molecule has 0 bridgehead atoms. The summed E-state index contributed by atoms with van der Waals surface area (Å²) in [4.78, 5) is 47.6. The SMILES string of the molecule is C=C[C@H](NC(=O)N(CC(N)=O)CC(=O)NCCCCCC)C(=O)OC. The first-order valence-electron chi connectivity index (χ1n) is 8.16. The van der Waals surface area contributed by atoms with Gasteiger partial charge >= 0.3 is 12.0 Å². The van der Waals surface area contributed by atoms with E-state index >= 15 is 0 Å². The molecule has 0 radical (unpaired) electrons. The second kappa shape index (κ2) is 12.8. The van der Waals surface area contributed by atoms with Gasteiger partial charge in [-0.05, 0) is 6.42 Å². The number of ether oxygens (including phenoxy) is 1. The van der Waals surface area contributed by atoms with Gasteiger partial charge in [0.1, 0.15) is 19.1 Å². The smallest absolute Gasteiger partial charge is 0.332 e. The van der Waals surface area contributed by atoms with Crippen LogP contribution in [0.3, 0.4) is 0 Å². The summed E-state index contributed by atoms with van der Waals surface area (Å²) >= 11 is 0. The van der Waals surface area contributed by atoms with Crippen molar-refractivity contribution < 1.29 is 23.9 Å². The van der Waals surface area contributed by atoms with Crippen molar-refractivity contribution in [2.24, 2.45) is 5.73 Å². The molecule has 9 nitrogen and oxygen atoms in total. The fourth-order valence-electron chi connectivity index (χ4n) is 1.96. The average molecular weight is 356 g/mol. The number of nitrogens with one attached hydrogen (secondary N) is 2. The molecule has 0 aliphatic carbocycles. The van der Waals surface area contributed by atoms with Gasteiger partial charge in [-0.1, -0.05) is 32.3 Å². The molecule has 0 saturated carbocycles. The van der Waals surface area contributed by atoms with Gasteiger partial charge in [-0.3, -0.25) is 9.59 Å². The van der Waals surface area contributed by atoms with E-state index in [4.69, 9.17) is 5.73 Å². The normalized spacial score (nSPS) is 11.1. The van der Waals surface area contributed by atoms with Crippen LogP contribution in [0.1, 0.15) is 32.6 Å². The molecule has 142 valence electrons. The summed E-state index contributed by atoms with van der Waals surface area (Å²) in [6, 6.07) is -1.89. The van der Waals surface area contributed by atoms with Gasteiger partial charge in [0.25, 0.3) is 0 Å². The van der Waals surface area contributed by atoms with Gasteiger partial charge in [0, 0.05) is 6.54 Å². The maximum atomic E-state index is 12.2. The van der Waals surface area contributed by atoms with Crippen molar-refractivity contribution in [3.63, 3.8) is 0 Å². The highest BCUT2D eigenvalue weighted by molar-refractivity contribution is 5.90. The largest absolute Gasteiger partial charge is 0.467 e. The second-order valence-corrected chi connectivity index (χ2v) is 5.42. The molecule has 0 aliphatic rings. The Kier molecular flexibility index (Phi) is 11.5. The highest BCUT2D eigenvalue weighted by Gasteiger charge is 2.24. The Hall–Kier alpha value is -2.58. The van der Waals surface area contributed by atoms with Crippen LogP contribution in [0.25, 0.3) is 0 Å². The van der Waals surface area contributed by atoms with Crippen molar-refractivity contribution in [1.29, 1.82) is 0 Å². The van der Waals surface area contributed by atoms with Crippen LogP contribution in [0.5, 0.6) is 0 Å². The van der Waals surface area contributed by atoms with Crippen molar-refractivity contribution in [2.45, 2.75) is 38.6 Å². The maximum absolute atomic E-state index is 12.2. The molecular formula is C16H28N4O5. The summed E-state index contributed by atoms with van der Waals surface area (Å²) in [5.41, 5.74) is 5.11. The van der Waals surface area contributed by atoms with Crippen LogP contribution in [0.2, 0.25) is 0 Å². The lowest BCUT2D eigenvalue weighted by Gasteiger charge is -2.23. The van der Waals surface area contributed by atoms with Crippen LogP contribution in [-0.4, -0.2) is 61.5 Å². The van der Waals surface area contributed by atoms with Crippen LogP contribution in [0.4, 0.5) is 4.79 Å². The van der Waals surface area contributed by atoms with E-state index in [0.717, 1.165) is 37.7 Å². The Morgan fingerprint density at radius 3 is 2.40 bits per heavy atom. The van der Waals surface area contributed by atoms with E-state index in [0.29, 0.717) is 6.54 Å². The number of hydrogen-bond donors (Lipinski definition) is 3. The predicted octanol–water partition coefficient (Wildman–Crippen LogP) is -0.0926. The van der Waals surface area contributed by atoms with Crippen LogP contribution in [0, 0.1) is 0 Å². The van der Waals surface area contributed by atoms with Crippen molar-refractivity contribution in [3.8, 4) is 0 Å². The molecule has 0 aromatic heterocycles. The molecule has 9 heteroatoms. The van der Waals surface area contributed by atoms with Crippen molar-refractivity contribution in [2.75, 3.05) is 26.7 Å². The lowest BCUT2D eigenvalue weighted by molar-refractivity contribution is -0.141. The van der Waals surface area contributed by atoms with Gasteiger partial charge in [-0.15, -0.1) is 6.58 Å². The Morgan fingerprint density at radius 2 is 1.88 bits per heavy atom. The van der Waals surface area contributed by atoms with E-state index in [-0.39, 0.29) is 6.54 Å². The number of esters is 1. The Balaban J connectivity index is 4.63. The molecule has 0 aromatic rings. The summed E-state index contributed by atoms with van der Waals surface area (Å²) < 4.78 is 4.52. The Bertz CT molecular complexity index is 481. The molecule has 0 heterocycles. The number of carbonyl (C=O) groups excluding carboxylic acids is 4. The number of nitrogens with zero attached hydrogens (tertiary/aromatic N) is 1. The zero-order valence-corrected chi connectivity index (χ0v) is 14.9. The molecule has 0 rings (SSSR count). The minimum absolute atomic E-state index is 0.354. The van der Waals surface area contributed by atoms with Crippen LogP contribution in [0.15, 0.2) is 12.7 Å². The maximum Gasteiger partial charge on any atom is 0.332 e. The van der Waals surface area contributed by atoms with Gasteiger partial charge < -0.3 is 26.0 Å². The minimum atomic E-state index is -1.09. The van der Waals surface area contributed by atoms with Crippen molar-refractivity contribution >= 4 is 23.8 Å². The minimum Gasteiger partial charge on any atom is -0.467 e. The third kappa shape index (κ3) is 10.0. The third-order valence-electron chi connectivity index (χ3n) is 3.29. The molecule has 0 unspecified atom stereocenters. The molecule has 0 fully saturated rings. The summed E-state index contributed by atoms with van der Waals surface area (Å²) in [5.74, 6) is -1.91. The predicted molar refractivity (Wildman–Crippen MR) is 92.5 cm³/mol. The standard InChI is InChI=1S/C16H28N4O5/c1-4-6-7-8-9-18-14(22)11-20(10-13(17)21)16(24)19-12(5-2)15(23)25-3/h5,12H,2,4,6-11H2,1,3H3,(H2,17,21)(H,18,22)(H,19,24)/t12-/m0/s1. The summed E-state index contributed by atoms with van der Waals surface area (Å²) in [6.45, 7) is 5.19. The Labute approximate surface area is 147 Å². The average Bonchev–Trinajstić information content (AvgIpc) is 2.57. The number of unbranched alkanes of at least 4 members (excludes halogenated alkanes) is 3. The van der Waals surface area contributed by atoms with Gasteiger partial charge in [0.15, 0.2) is 0 Å². The van der Waals surface area contributed by atoms with Gasteiger partial charge in [-0.2, -0.15) is 0 Å². The van der Waals surface area contributed by atoms with E-state index in [1.807, 2.05) is 0 Å². The fraction of sp³-hybridized carbons (Fsp3) is 0.625. The number of primary amides is 1. The zero-order valence-electron chi connectivity index (χ0n) is 14.9. The van der Waals surface area contributed by atoms with Crippen molar-refractivity contribution in [1.82, 2.24) is 15.5 Å². The first kappa shape index (κ1) is 22.4. The van der Waals surface area contributed by atoms with Crippen LogP contribution in [-0.2, 0) is 19.1 Å². The molecule has 4 N–H and O–H groups in total. The summed E-state index contributed by atoms with van der Waals surface area (Å²) in [5, 5.41) is 5.00. The molecule has 0 aliphatic heterocycles. The summed E-state index contributed by atoms with van der Waals surface area (Å²) in [7, 11) is 1.16. The fourth-order valence-corrected chi connectivity index (χ4v) is 1.96. The Morgan fingerprint density at radius 1 is 1.20 bits per heavy atom. The number of carbonyl (C=O) groups is 4. The van der Waals surface area contributed by atoms with Gasteiger partial charge in [-0.25, -0.2) is 9.59 Å². The number of amides is 4. The molecule has 25 heavy (non-hydrogen) atoms. The highest BCUT2D eigenvalue weighted by atomic mass is 16.5. The van der Waals surface area contributed by atoms with Crippen LogP contribution >= 0.6 is 0 Å². The van der Waals surface area contributed by atoms with Crippen LogP contribution < -0.4 is 16.4 Å². The number of urea groups is 1. The van der Waals surface area contributed by atoms with Crippen molar-refractivity contribution in [3.05, 3.63) is 12.7 Å².